The highest BCUT2D eigenvalue weighted by atomic mass is 127. The standard InChI is InChI=1S/C5H11IO2/c6-3-1-5(8)2-4-7/h5,7-8H,1-4H2. The van der Waals surface area contributed by atoms with Gasteiger partial charge in [0.2, 0.25) is 0 Å². The van der Waals surface area contributed by atoms with Gasteiger partial charge in [-0.05, 0) is 12.8 Å². The molecule has 2 nitrogen and oxygen atoms in total. The van der Waals surface area contributed by atoms with E-state index in [0.29, 0.717) is 6.42 Å². The third-order valence-corrected chi connectivity index (χ3v) is 1.53. The zero-order chi connectivity index (χ0) is 6.41. The van der Waals surface area contributed by atoms with E-state index in [2.05, 4.69) is 22.6 Å². The normalized spacial score (nSPS) is 13.9. The third-order valence-electron chi connectivity index (χ3n) is 0.905. The molecule has 0 saturated heterocycles. The molecule has 0 aromatic carbocycles. The number of halogens is 1. The van der Waals surface area contributed by atoms with Crippen LogP contribution in [0.15, 0.2) is 0 Å². The minimum absolute atomic E-state index is 0.0950. The molecule has 3 heteroatoms. The van der Waals surface area contributed by atoms with Gasteiger partial charge in [-0.25, -0.2) is 0 Å². The van der Waals surface area contributed by atoms with E-state index in [1.54, 1.807) is 0 Å². The van der Waals surface area contributed by atoms with Crippen molar-refractivity contribution in [3.63, 3.8) is 0 Å². The maximum Gasteiger partial charge on any atom is 0.0569 e. The van der Waals surface area contributed by atoms with Gasteiger partial charge in [-0.15, -0.1) is 0 Å². The lowest BCUT2D eigenvalue weighted by Gasteiger charge is -2.03. The predicted molar refractivity (Wildman–Crippen MR) is 41.2 cm³/mol. The third kappa shape index (κ3) is 4.80. The van der Waals surface area contributed by atoms with Gasteiger partial charge in [0.15, 0.2) is 0 Å². The van der Waals surface area contributed by atoms with Crippen molar-refractivity contribution in [1.29, 1.82) is 0 Å². The van der Waals surface area contributed by atoms with Gasteiger partial charge in [-0.1, -0.05) is 22.6 Å². The summed E-state index contributed by atoms with van der Waals surface area (Å²) in [6.07, 6.45) is 1.02. The van der Waals surface area contributed by atoms with Crippen molar-refractivity contribution in [2.24, 2.45) is 0 Å². The van der Waals surface area contributed by atoms with Crippen LogP contribution in [0.2, 0.25) is 0 Å². The predicted octanol–water partition coefficient (Wildman–Crippen LogP) is 0.555. The molecule has 1 unspecified atom stereocenters. The summed E-state index contributed by atoms with van der Waals surface area (Å²) in [6, 6.07) is 0. The van der Waals surface area contributed by atoms with Gasteiger partial charge in [0, 0.05) is 11.0 Å². The Morgan fingerprint density at radius 2 is 2.00 bits per heavy atom. The fourth-order valence-corrected chi connectivity index (χ4v) is 1.14. The van der Waals surface area contributed by atoms with Crippen LogP contribution in [-0.2, 0) is 0 Å². The molecule has 0 aliphatic heterocycles. The average molecular weight is 230 g/mol. The van der Waals surface area contributed by atoms with Crippen LogP contribution in [0.1, 0.15) is 12.8 Å². The van der Waals surface area contributed by atoms with Crippen LogP contribution in [0.3, 0.4) is 0 Å². The average Bonchev–Trinajstić information content (AvgIpc) is 1.68. The smallest absolute Gasteiger partial charge is 0.0569 e. The first-order chi connectivity index (χ1) is 3.81. The van der Waals surface area contributed by atoms with Crippen LogP contribution in [0, 0.1) is 0 Å². The Bertz CT molecular complexity index is 43.7. The van der Waals surface area contributed by atoms with Crippen LogP contribution in [0.4, 0.5) is 0 Å². The van der Waals surface area contributed by atoms with E-state index in [1.807, 2.05) is 0 Å². The Morgan fingerprint density at radius 3 is 2.38 bits per heavy atom. The zero-order valence-corrected chi connectivity index (χ0v) is 6.84. The molecule has 2 N–H and O–H groups in total. The van der Waals surface area contributed by atoms with E-state index >= 15 is 0 Å². The van der Waals surface area contributed by atoms with Gasteiger partial charge in [-0.3, -0.25) is 0 Å². The molecule has 0 bridgehead atoms. The fraction of sp³-hybridized carbons (Fsp3) is 1.00. The summed E-state index contributed by atoms with van der Waals surface area (Å²) in [5.74, 6) is 0. The molecule has 8 heavy (non-hydrogen) atoms. The van der Waals surface area contributed by atoms with Crippen molar-refractivity contribution in [3.8, 4) is 0 Å². The summed E-state index contributed by atoms with van der Waals surface area (Å²) in [6.45, 7) is 0.0950. The Hall–Kier alpha value is 0.650. The Labute approximate surface area is 63.0 Å². The van der Waals surface area contributed by atoms with Crippen molar-refractivity contribution in [3.05, 3.63) is 0 Å². The molecule has 0 radical (unpaired) electrons. The van der Waals surface area contributed by atoms with Crippen molar-refractivity contribution in [2.75, 3.05) is 11.0 Å². The van der Waals surface area contributed by atoms with E-state index < -0.39 is 0 Å². The summed E-state index contributed by atoms with van der Waals surface area (Å²) in [4.78, 5) is 0. The molecule has 0 aromatic heterocycles. The zero-order valence-electron chi connectivity index (χ0n) is 4.68. The van der Waals surface area contributed by atoms with Crippen LogP contribution < -0.4 is 0 Å². The first kappa shape index (κ1) is 8.65. The number of hydrogen-bond donors (Lipinski definition) is 2. The molecule has 0 fully saturated rings. The monoisotopic (exact) mass is 230 g/mol. The van der Waals surface area contributed by atoms with Crippen LogP contribution >= 0.6 is 22.6 Å². The van der Waals surface area contributed by atoms with Crippen molar-refractivity contribution in [2.45, 2.75) is 18.9 Å². The van der Waals surface area contributed by atoms with Gasteiger partial charge in [-0.2, -0.15) is 0 Å². The number of aliphatic hydroxyl groups excluding tert-OH is 2. The quantitative estimate of drug-likeness (QED) is 0.547. The topological polar surface area (TPSA) is 40.5 Å². The lowest BCUT2D eigenvalue weighted by Crippen LogP contribution is -2.08. The summed E-state index contributed by atoms with van der Waals surface area (Å²) in [5.41, 5.74) is 0. The molecule has 0 saturated carbocycles. The van der Waals surface area contributed by atoms with Crippen molar-refractivity contribution in [1.82, 2.24) is 0 Å². The molecule has 0 heterocycles. The molecular formula is C5H11IO2. The second-order valence-electron chi connectivity index (χ2n) is 1.64. The number of aliphatic hydroxyl groups is 2. The van der Waals surface area contributed by atoms with Crippen molar-refractivity contribution < 1.29 is 10.2 Å². The van der Waals surface area contributed by atoms with E-state index in [9.17, 15) is 0 Å². The van der Waals surface area contributed by atoms with Crippen LogP contribution in [0.5, 0.6) is 0 Å². The maximum atomic E-state index is 8.88. The highest BCUT2D eigenvalue weighted by molar-refractivity contribution is 14.1. The summed E-state index contributed by atoms with van der Waals surface area (Å²) >= 11 is 2.20. The van der Waals surface area contributed by atoms with E-state index in [-0.39, 0.29) is 12.7 Å². The van der Waals surface area contributed by atoms with Gasteiger partial charge >= 0.3 is 0 Å². The maximum absolute atomic E-state index is 8.88. The van der Waals surface area contributed by atoms with E-state index in [4.69, 9.17) is 10.2 Å². The Kier molecular flexibility index (Phi) is 6.25. The van der Waals surface area contributed by atoms with Crippen LogP contribution in [0.25, 0.3) is 0 Å². The first-order valence-electron chi connectivity index (χ1n) is 2.66. The fourth-order valence-electron chi connectivity index (χ4n) is 0.419. The lowest BCUT2D eigenvalue weighted by atomic mass is 10.2. The molecule has 0 rings (SSSR count). The Balaban J connectivity index is 2.92. The molecular weight excluding hydrogens is 219 g/mol. The minimum Gasteiger partial charge on any atom is -0.396 e. The molecule has 0 aliphatic rings. The molecule has 0 aliphatic carbocycles. The summed E-state index contributed by atoms with van der Waals surface area (Å²) in [7, 11) is 0. The SMILES string of the molecule is OCCC(O)CCI. The second kappa shape index (κ2) is 5.78. The lowest BCUT2D eigenvalue weighted by molar-refractivity contribution is 0.131. The first-order valence-corrected chi connectivity index (χ1v) is 4.18. The van der Waals surface area contributed by atoms with Gasteiger partial charge in [0.05, 0.1) is 6.10 Å². The van der Waals surface area contributed by atoms with Gasteiger partial charge in [0.25, 0.3) is 0 Å². The van der Waals surface area contributed by atoms with Gasteiger partial charge in [0.1, 0.15) is 0 Å². The number of rotatable bonds is 4. The summed E-state index contributed by atoms with van der Waals surface area (Å²) < 4.78 is 0.957. The molecule has 0 aromatic rings. The number of alkyl halides is 1. The largest absolute Gasteiger partial charge is 0.396 e. The van der Waals surface area contributed by atoms with Crippen LogP contribution in [-0.4, -0.2) is 27.4 Å². The molecule has 0 spiro atoms. The highest BCUT2D eigenvalue weighted by Gasteiger charge is 1.99. The Morgan fingerprint density at radius 1 is 1.38 bits per heavy atom. The molecule has 1 atom stereocenters. The molecule has 50 valence electrons. The summed E-state index contributed by atoms with van der Waals surface area (Å²) in [5, 5.41) is 17.2. The number of hydrogen-bond acceptors (Lipinski definition) is 2. The minimum atomic E-state index is -0.295. The van der Waals surface area contributed by atoms with E-state index in [1.165, 1.54) is 0 Å². The highest BCUT2D eigenvalue weighted by Crippen LogP contribution is 1.98. The van der Waals surface area contributed by atoms with Gasteiger partial charge < -0.3 is 10.2 Å². The van der Waals surface area contributed by atoms with E-state index in [0.717, 1.165) is 10.8 Å². The second-order valence-corrected chi connectivity index (χ2v) is 2.72. The van der Waals surface area contributed by atoms with Crippen molar-refractivity contribution >= 4 is 22.6 Å². The molecule has 0 amide bonds.